The van der Waals surface area contributed by atoms with Crippen LogP contribution >= 0.6 is 0 Å². The maximum atomic E-state index is 12.8. The van der Waals surface area contributed by atoms with E-state index in [2.05, 4.69) is 0 Å². The predicted octanol–water partition coefficient (Wildman–Crippen LogP) is 2.91. The molecule has 2 N–H and O–H groups in total. The third-order valence-corrected chi connectivity index (χ3v) is 4.39. The van der Waals surface area contributed by atoms with Crippen molar-refractivity contribution in [3.8, 4) is 51.6 Å². The summed E-state index contributed by atoms with van der Waals surface area (Å²) in [6.07, 6.45) is 0. The molecule has 3 rings (SSSR count). The highest BCUT2D eigenvalue weighted by Gasteiger charge is 2.26. The van der Waals surface area contributed by atoms with E-state index in [0.29, 0.717) is 0 Å². The average molecular weight is 404 g/mol. The second kappa shape index (κ2) is 7.70. The molecular formula is C20H20O9. The third-order valence-electron chi connectivity index (χ3n) is 4.39. The van der Waals surface area contributed by atoms with Crippen LogP contribution in [0.1, 0.15) is 0 Å². The van der Waals surface area contributed by atoms with E-state index in [1.807, 2.05) is 0 Å². The lowest BCUT2D eigenvalue weighted by molar-refractivity contribution is 0.321. The molecule has 0 spiro atoms. The molecule has 0 saturated carbocycles. The zero-order valence-corrected chi connectivity index (χ0v) is 16.5. The van der Waals surface area contributed by atoms with Crippen molar-refractivity contribution >= 4 is 11.0 Å². The Morgan fingerprint density at radius 3 is 1.90 bits per heavy atom. The summed E-state index contributed by atoms with van der Waals surface area (Å²) in [4.78, 5) is 12.8. The number of hydrogen-bond donors (Lipinski definition) is 2. The zero-order chi connectivity index (χ0) is 21.3. The Balaban J connectivity index is 2.39. The number of phenolic OH excluding ortho intramolecular Hbond substituents is 2. The first kappa shape index (κ1) is 20.0. The van der Waals surface area contributed by atoms with E-state index in [4.69, 9.17) is 28.1 Å². The van der Waals surface area contributed by atoms with Crippen LogP contribution in [-0.4, -0.2) is 45.8 Å². The number of fused-ring (bicyclic) bond motifs is 1. The van der Waals surface area contributed by atoms with Gasteiger partial charge in [0.25, 0.3) is 0 Å². The Kier molecular flexibility index (Phi) is 5.31. The van der Waals surface area contributed by atoms with Crippen LogP contribution in [-0.2, 0) is 0 Å². The molecule has 0 bridgehead atoms. The summed E-state index contributed by atoms with van der Waals surface area (Å²) in [7, 11) is 6.92. The molecule has 3 aromatic rings. The van der Waals surface area contributed by atoms with Gasteiger partial charge in [-0.2, -0.15) is 0 Å². The molecule has 0 atom stereocenters. The van der Waals surface area contributed by atoms with Crippen molar-refractivity contribution in [2.45, 2.75) is 0 Å². The molecule has 0 aliphatic rings. The fourth-order valence-corrected chi connectivity index (χ4v) is 3.12. The number of phenols is 2. The van der Waals surface area contributed by atoms with Crippen LogP contribution in [0.4, 0.5) is 0 Å². The van der Waals surface area contributed by atoms with Gasteiger partial charge in [0.15, 0.2) is 28.4 Å². The molecule has 0 fully saturated rings. The Hall–Kier alpha value is -3.75. The first-order chi connectivity index (χ1) is 13.9. The molecule has 154 valence electrons. The molecule has 29 heavy (non-hydrogen) atoms. The lowest BCUT2D eigenvalue weighted by Crippen LogP contribution is -2.04. The van der Waals surface area contributed by atoms with Crippen LogP contribution < -0.4 is 29.1 Å². The van der Waals surface area contributed by atoms with Crippen LogP contribution in [0.25, 0.3) is 22.3 Å². The highest BCUT2D eigenvalue weighted by molar-refractivity contribution is 5.90. The number of benzene rings is 2. The van der Waals surface area contributed by atoms with Gasteiger partial charge in [0.1, 0.15) is 28.0 Å². The Morgan fingerprint density at radius 1 is 0.759 bits per heavy atom. The molecule has 0 saturated heterocycles. The van der Waals surface area contributed by atoms with Gasteiger partial charge in [0, 0.05) is 18.2 Å². The quantitative estimate of drug-likeness (QED) is 0.639. The highest BCUT2D eigenvalue weighted by Crippen LogP contribution is 2.50. The summed E-state index contributed by atoms with van der Waals surface area (Å²) in [6, 6.07) is 3.84. The van der Waals surface area contributed by atoms with Crippen molar-refractivity contribution < 1.29 is 38.3 Å². The Labute approximate surface area is 165 Å². The molecule has 9 nitrogen and oxygen atoms in total. The minimum absolute atomic E-state index is 0.00611. The smallest absolute Gasteiger partial charge is 0.204 e. The fraction of sp³-hybridized carbons (Fsp3) is 0.250. The Bertz CT molecular complexity index is 1130. The van der Waals surface area contributed by atoms with E-state index in [-0.39, 0.29) is 56.8 Å². The average Bonchev–Trinajstić information content (AvgIpc) is 2.71. The number of aromatic hydroxyl groups is 2. The van der Waals surface area contributed by atoms with E-state index in [1.165, 1.54) is 47.7 Å². The zero-order valence-electron chi connectivity index (χ0n) is 16.5. The van der Waals surface area contributed by atoms with E-state index < -0.39 is 11.2 Å². The minimum atomic E-state index is -0.559. The summed E-state index contributed by atoms with van der Waals surface area (Å²) in [5.74, 6) is 0.0460. The SMILES string of the molecule is COc1cc(O)c(-c2cc(=O)c3c(O)c(OC)c(OC)cc3o2)c(OC)c1OC. The van der Waals surface area contributed by atoms with Gasteiger partial charge in [0.2, 0.25) is 11.5 Å². The molecular weight excluding hydrogens is 384 g/mol. The lowest BCUT2D eigenvalue weighted by Gasteiger charge is -2.17. The normalized spacial score (nSPS) is 10.7. The number of rotatable bonds is 6. The van der Waals surface area contributed by atoms with Gasteiger partial charge in [-0.25, -0.2) is 0 Å². The van der Waals surface area contributed by atoms with Crippen LogP contribution in [0.15, 0.2) is 27.4 Å². The summed E-state index contributed by atoms with van der Waals surface area (Å²) in [5.41, 5.74) is -0.451. The largest absolute Gasteiger partial charge is 0.507 e. The Morgan fingerprint density at radius 2 is 1.34 bits per heavy atom. The highest BCUT2D eigenvalue weighted by atomic mass is 16.5. The number of hydrogen-bond acceptors (Lipinski definition) is 9. The van der Waals surface area contributed by atoms with Gasteiger partial charge in [-0.05, 0) is 0 Å². The molecule has 2 aromatic carbocycles. The maximum Gasteiger partial charge on any atom is 0.204 e. The fourth-order valence-electron chi connectivity index (χ4n) is 3.12. The molecule has 0 aliphatic carbocycles. The second-order valence-corrected chi connectivity index (χ2v) is 5.85. The molecule has 1 heterocycles. The van der Waals surface area contributed by atoms with Gasteiger partial charge in [-0.3, -0.25) is 4.79 Å². The molecule has 0 amide bonds. The van der Waals surface area contributed by atoms with E-state index in [1.54, 1.807) is 0 Å². The van der Waals surface area contributed by atoms with Crippen LogP contribution in [0, 0.1) is 0 Å². The summed E-state index contributed by atoms with van der Waals surface area (Å²) in [5, 5.41) is 20.9. The van der Waals surface area contributed by atoms with Gasteiger partial charge < -0.3 is 38.3 Å². The van der Waals surface area contributed by atoms with Crippen molar-refractivity contribution in [2.24, 2.45) is 0 Å². The van der Waals surface area contributed by atoms with E-state index in [0.717, 1.165) is 6.07 Å². The monoisotopic (exact) mass is 404 g/mol. The summed E-state index contributed by atoms with van der Waals surface area (Å²) >= 11 is 0. The van der Waals surface area contributed by atoms with Crippen molar-refractivity contribution in [2.75, 3.05) is 35.5 Å². The molecule has 0 aliphatic heterocycles. The lowest BCUT2D eigenvalue weighted by atomic mass is 10.1. The molecule has 9 heteroatoms. The van der Waals surface area contributed by atoms with Crippen molar-refractivity contribution in [3.63, 3.8) is 0 Å². The van der Waals surface area contributed by atoms with Crippen LogP contribution in [0.5, 0.6) is 40.2 Å². The third kappa shape index (κ3) is 3.10. The van der Waals surface area contributed by atoms with Gasteiger partial charge in [0.05, 0.1) is 35.5 Å². The standard InChI is InChI=1S/C20H20O9/c1-24-13-7-10(22)16(20(28-5)19(13)27-4)11-6-9(21)15-12(29-11)8-14(25-2)18(26-3)17(15)23/h6-8,22-23H,1-5H3. The van der Waals surface area contributed by atoms with Gasteiger partial charge >= 0.3 is 0 Å². The number of ether oxygens (including phenoxy) is 5. The predicted molar refractivity (Wildman–Crippen MR) is 104 cm³/mol. The summed E-state index contributed by atoms with van der Waals surface area (Å²) < 4.78 is 32.0. The van der Waals surface area contributed by atoms with Gasteiger partial charge in [-0.15, -0.1) is 0 Å². The van der Waals surface area contributed by atoms with Crippen LogP contribution in [0.2, 0.25) is 0 Å². The topological polar surface area (TPSA) is 117 Å². The van der Waals surface area contributed by atoms with Crippen molar-refractivity contribution in [1.82, 2.24) is 0 Å². The van der Waals surface area contributed by atoms with Crippen molar-refractivity contribution in [1.29, 1.82) is 0 Å². The minimum Gasteiger partial charge on any atom is -0.507 e. The van der Waals surface area contributed by atoms with Gasteiger partial charge in [-0.1, -0.05) is 0 Å². The first-order valence-corrected chi connectivity index (χ1v) is 8.35. The first-order valence-electron chi connectivity index (χ1n) is 8.35. The second-order valence-electron chi connectivity index (χ2n) is 5.85. The van der Waals surface area contributed by atoms with Crippen molar-refractivity contribution in [3.05, 3.63) is 28.4 Å². The maximum absolute atomic E-state index is 12.8. The molecule has 0 radical (unpaired) electrons. The number of methoxy groups -OCH3 is 5. The van der Waals surface area contributed by atoms with E-state index in [9.17, 15) is 15.0 Å². The van der Waals surface area contributed by atoms with Crippen LogP contribution in [0.3, 0.4) is 0 Å². The molecule has 1 aromatic heterocycles. The summed E-state index contributed by atoms with van der Waals surface area (Å²) in [6.45, 7) is 0. The van der Waals surface area contributed by atoms with E-state index >= 15 is 0 Å². The molecule has 0 unspecified atom stereocenters.